The van der Waals surface area contributed by atoms with E-state index in [4.69, 9.17) is 5.73 Å². The quantitative estimate of drug-likeness (QED) is 0.802. The predicted molar refractivity (Wildman–Crippen MR) is 103 cm³/mol. The summed E-state index contributed by atoms with van der Waals surface area (Å²) >= 11 is 0. The van der Waals surface area contributed by atoms with Gasteiger partial charge in [-0.2, -0.15) is 0 Å². The number of nitrogens with two attached hydrogens (primary N) is 1. The summed E-state index contributed by atoms with van der Waals surface area (Å²) < 4.78 is 0. The van der Waals surface area contributed by atoms with Crippen LogP contribution in [0.4, 0.5) is 5.82 Å². The van der Waals surface area contributed by atoms with E-state index in [2.05, 4.69) is 34.1 Å². The maximum absolute atomic E-state index is 11.7. The van der Waals surface area contributed by atoms with E-state index < -0.39 is 5.91 Å². The zero-order valence-electron chi connectivity index (χ0n) is 15.1. The van der Waals surface area contributed by atoms with Crippen LogP contribution in [0.1, 0.15) is 41.6 Å². The Kier molecular flexibility index (Phi) is 5.89. The zero-order chi connectivity index (χ0) is 18.4. The number of aliphatic hydroxyl groups excluding tert-OH is 1. The third-order valence-corrected chi connectivity index (χ3v) is 5.36. The highest BCUT2D eigenvalue weighted by Gasteiger charge is 2.35. The van der Waals surface area contributed by atoms with Gasteiger partial charge in [0.15, 0.2) is 0 Å². The second-order valence-electron chi connectivity index (χ2n) is 7.26. The maximum Gasteiger partial charge on any atom is 0.252 e. The van der Waals surface area contributed by atoms with Gasteiger partial charge < -0.3 is 15.7 Å². The summed E-state index contributed by atoms with van der Waals surface area (Å²) in [6, 6.07) is 13.9. The van der Waals surface area contributed by atoms with E-state index in [1.807, 2.05) is 6.07 Å². The number of primary amides is 1. The van der Waals surface area contributed by atoms with Crippen LogP contribution in [0, 0.1) is 5.41 Å². The van der Waals surface area contributed by atoms with Crippen molar-refractivity contribution in [3.63, 3.8) is 0 Å². The second-order valence-corrected chi connectivity index (χ2v) is 7.26. The minimum Gasteiger partial charge on any atom is -0.396 e. The molecule has 3 rings (SSSR count). The molecule has 0 spiro atoms. The molecule has 5 nitrogen and oxygen atoms in total. The first-order valence-electron chi connectivity index (χ1n) is 9.28. The van der Waals surface area contributed by atoms with Gasteiger partial charge in [-0.3, -0.25) is 4.79 Å². The Morgan fingerprint density at radius 3 is 2.77 bits per heavy atom. The van der Waals surface area contributed by atoms with E-state index in [9.17, 15) is 9.90 Å². The van der Waals surface area contributed by atoms with Gasteiger partial charge in [0.25, 0.3) is 5.91 Å². The highest BCUT2D eigenvalue weighted by atomic mass is 16.3. The molecule has 1 aromatic heterocycles. The van der Waals surface area contributed by atoms with Gasteiger partial charge in [-0.1, -0.05) is 30.3 Å². The topological polar surface area (TPSA) is 79.5 Å². The monoisotopic (exact) mass is 353 g/mol. The van der Waals surface area contributed by atoms with Gasteiger partial charge in [0.05, 0.1) is 12.2 Å². The molecule has 3 N–H and O–H groups in total. The summed E-state index contributed by atoms with van der Waals surface area (Å²) in [4.78, 5) is 18.2. The lowest BCUT2D eigenvalue weighted by Gasteiger charge is -2.43. The molecule has 1 aliphatic heterocycles. The molecule has 1 atom stereocenters. The molecular formula is C21H27N3O2. The first kappa shape index (κ1) is 18.4. The van der Waals surface area contributed by atoms with Crippen LogP contribution in [0.3, 0.4) is 0 Å². The number of rotatable bonds is 7. The highest BCUT2D eigenvalue weighted by Crippen LogP contribution is 2.36. The highest BCUT2D eigenvalue weighted by molar-refractivity contribution is 5.97. The summed E-state index contributed by atoms with van der Waals surface area (Å²) in [5.74, 6) is 0.179. The largest absolute Gasteiger partial charge is 0.396 e. The zero-order valence-corrected chi connectivity index (χ0v) is 15.1. The van der Waals surface area contributed by atoms with Crippen molar-refractivity contribution in [3.05, 3.63) is 59.8 Å². The number of nitrogens with zero attached hydrogens (tertiary/aromatic N) is 2. The van der Waals surface area contributed by atoms with Gasteiger partial charge in [-0.15, -0.1) is 0 Å². The number of hydrogen-bond donors (Lipinski definition) is 2. The molecule has 1 aliphatic rings. The first-order chi connectivity index (χ1) is 12.6. The lowest BCUT2D eigenvalue weighted by Crippen LogP contribution is -2.46. The second kappa shape index (κ2) is 8.32. The molecule has 0 saturated carbocycles. The third-order valence-electron chi connectivity index (χ3n) is 5.36. The first-order valence-corrected chi connectivity index (χ1v) is 9.28. The number of benzene rings is 1. The normalized spacial score (nSPS) is 20.1. The van der Waals surface area contributed by atoms with Crippen LogP contribution in [-0.2, 0) is 6.42 Å². The third kappa shape index (κ3) is 4.22. The van der Waals surface area contributed by atoms with E-state index in [-0.39, 0.29) is 12.0 Å². The van der Waals surface area contributed by atoms with Crippen molar-refractivity contribution >= 4 is 11.7 Å². The van der Waals surface area contributed by atoms with Crippen LogP contribution in [0.2, 0.25) is 0 Å². The maximum atomic E-state index is 11.7. The van der Waals surface area contributed by atoms with Crippen LogP contribution < -0.4 is 10.6 Å². The number of aryl methyl sites for hydroxylation is 1. The van der Waals surface area contributed by atoms with Crippen LogP contribution >= 0.6 is 0 Å². The van der Waals surface area contributed by atoms with Crippen molar-refractivity contribution in [1.82, 2.24) is 4.98 Å². The minimum atomic E-state index is -0.461. The molecule has 0 aliphatic carbocycles. The Labute approximate surface area is 154 Å². The van der Waals surface area contributed by atoms with Crippen molar-refractivity contribution in [2.75, 3.05) is 24.6 Å². The Morgan fingerprint density at radius 2 is 2.04 bits per heavy atom. The fourth-order valence-corrected chi connectivity index (χ4v) is 3.95. The summed E-state index contributed by atoms with van der Waals surface area (Å²) in [6.45, 7) is 1.68. The Bertz CT molecular complexity index is 735. The molecule has 1 aromatic carbocycles. The van der Waals surface area contributed by atoms with E-state index in [1.165, 1.54) is 5.56 Å². The summed E-state index contributed by atoms with van der Waals surface area (Å²) in [6.07, 6.45) is 6.65. The van der Waals surface area contributed by atoms with Gasteiger partial charge in [0.2, 0.25) is 0 Å². The molecule has 1 fully saturated rings. The van der Waals surface area contributed by atoms with Gasteiger partial charge >= 0.3 is 0 Å². The van der Waals surface area contributed by atoms with E-state index in [0.29, 0.717) is 17.9 Å². The van der Waals surface area contributed by atoms with Crippen molar-refractivity contribution < 1.29 is 9.90 Å². The van der Waals surface area contributed by atoms with Gasteiger partial charge in [-0.25, -0.2) is 4.98 Å². The molecule has 1 unspecified atom stereocenters. The molecule has 0 bridgehead atoms. The smallest absolute Gasteiger partial charge is 0.252 e. The average molecular weight is 353 g/mol. The minimum absolute atomic E-state index is 0.150. The number of hydrogen-bond acceptors (Lipinski definition) is 4. The molecule has 5 heteroatoms. The molecule has 26 heavy (non-hydrogen) atoms. The SMILES string of the molecule is NC(=O)c1cccnc1N1CCCC(CO)(CCCc2ccccc2)C1. The van der Waals surface area contributed by atoms with Crippen molar-refractivity contribution in [2.45, 2.75) is 32.1 Å². The van der Waals surface area contributed by atoms with E-state index >= 15 is 0 Å². The van der Waals surface area contributed by atoms with Crippen molar-refractivity contribution in [3.8, 4) is 0 Å². The fraction of sp³-hybridized carbons (Fsp3) is 0.429. The number of aromatic nitrogens is 1. The molecule has 2 heterocycles. The van der Waals surface area contributed by atoms with Crippen LogP contribution in [0.5, 0.6) is 0 Å². The van der Waals surface area contributed by atoms with Gasteiger partial charge in [0.1, 0.15) is 5.82 Å². The summed E-state index contributed by atoms with van der Waals surface area (Å²) in [5.41, 5.74) is 7.14. The lowest BCUT2D eigenvalue weighted by atomic mass is 9.76. The van der Waals surface area contributed by atoms with Crippen molar-refractivity contribution in [1.29, 1.82) is 0 Å². The number of piperidine rings is 1. The number of anilines is 1. The van der Waals surface area contributed by atoms with Crippen LogP contribution in [0.25, 0.3) is 0 Å². The number of carbonyl (C=O) groups is 1. The number of amides is 1. The summed E-state index contributed by atoms with van der Waals surface area (Å²) in [7, 11) is 0. The molecule has 1 saturated heterocycles. The average Bonchev–Trinajstić information content (AvgIpc) is 2.69. The van der Waals surface area contributed by atoms with Gasteiger partial charge in [0, 0.05) is 24.7 Å². The molecule has 138 valence electrons. The Morgan fingerprint density at radius 1 is 1.23 bits per heavy atom. The number of aliphatic hydroxyl groups is 1. The Hall–Kier alpha value is -2.40. The van der Waals surface area contributed by atoms with Crippen molar-refractivity contribution in [2.24, 2.45) is 11.1 Å². The predicted octanol–water partition coefficient (Wildman–Crippen LogP) is 2.78. The molecule has 0 radical (unpaired) electrons. The molecule has 2 aromatic rings. The van der Waals surface area contributed by atoms with Crippen LogP contribution in [-0.4, -0.2) is 35.7 Å². The van der Waals surface area contributed by atoms with E-state index in [1.54, 1.807) is 18.3 Å². The molecule has 1 amide bonds. The standard InChI is InChI=1S/C21H27N3O2/c22-19(26)18-10-5-13-23-20(18)24-14-6-12-21(15-24,16-25)11-4-9-17-7-2-1-3-8-17/h1-3,5,7-8,10,13,25H,4,6,9,11-12,14-16H2,(H2,22,26). The van der Waals surface area contributed by atoms with Gasteiger partial charge in [-0.05, 0) is 49.8 Å². The number of pyridine rings is 1. The van der Waals surface area contributed by atoms with Crippen LogP contribution in [0.15, 0.2) is 48.7 Å². The number of carbonyl (C=O) groups excluding carboxylic acids is 1. The summed E-state index contributed by atoms with van der Waals surface area (Å²) in [5, 5.41) is 10.1. The lowest BCUT2D eigenvalue weighted by molar-refractivity contribution is 0.0934. The Balaban J connectivity index is 1.69. The van der Waals surface area contributed by atoms with E-state index in [0.717, 1.165) is 38.6 Å². The fourth-order valence-electron chi connectivity index (χ4n) is 3.95. The molecular weight excluding hydrogens is 326 g/mol.